The lowest BCUT2D eigenvalue weighted by molar-refractivity contribution is -0.143. The van der Waals surface area contributed by atoms with Crippen molar-refractivity contribution in [3.63, 3.8) is 0 Å². The molecular formula is C29H27F8N5O. The summed E-state index contributed by atoms with van der Waals surface area (Å²) in [5.74, 6) is -1.30. The quantitative estimate of drug-likeness (QED) is 0.225. The van der Waals surface area contributed by atoms with Gasteiger partial charge in [0.15, 0.2) is 5.69 Å². The van der Waals surface area contributed by atoms with Crippen molar-refractivity contribution in [1.82, 2.24) is 24.5 Å². The molecule has 4 aromatic rings. The number of hydrogen-bond donors (Lipinski definition) is 0. The van der Waals surface area contributed by atoms with Gasteiger partial charge in [0, 0.05) is 24.9 Å². The van der Waals surface area contributed by atoms with E-state index in [1.165, 1.54) is 31.2 Å². The predicted octanol–water partition coefficient (Wildman–Crippen LogP) is 7.45. The van der Waals surface area contributed by atoms with Crippen LogP contribution in [0, 0.1) is 18.6 Å². The third-order valence-electron chi connectivity index (χ3n) is 7.08. The number of nitrogens with zero attached hydrogens (tertiary/aromatic N) is 5. The Labute approximate surface area is 241 Å². The van der Waals surface area contributed by atoms with E-state index in [2.05, 4.69) is 15.2 Å². The van der Waals surface area contributed by atoms with Crippen LogP contribution in [-0.2, 0) is 25.9 Å². The molecule has 3 heterocycles. The van der Waals surface area contributed by atoms with E-state index in [4.69, 9.17) is 0 Å². The van der Waals surface area contributed by atoms with Crippen molar-refractivity contribution in [2.75, 3.05) is 0 Å². The number of halogens is 8. The molecule has 6 nitrogen and oxygen atoms in total. The fourth-order valence-corrected chi connectivity index (χ4v) is 5.21. The molecular weight excluding hydrogens is 586 g/mol. The number of pyridine rings is 1. The molecule has 14 heteroatoms. The second-order valence-electron chi connectivity index (χ2n) is 10.1. The molecule has 0 radical (unpaired) electrons. The zero-order valence-electron chi connectivity index (χ0n) is 23.1. The van der Waals surface area contributed by atoms with Gasteiger partial charge in [-0.25, -0.2) is 13.5 Å². The molecule has 43 heavy (non-hydrogen) atoms. The Hall–Kier alpha value is -4.10. The van der Waals surface area contributed by atoms with Crippen molar-refractivity contribution in [3.8, 4) is 11.3 Å². The Morgan fingerprint density at radius 3 is 2.09 bits per heavy atom. The van der Waals surface area contributed by atoms with Crippen LogP contribution in [0.2, 0.25) is 0 Å². The largest absolute Gasteiger partial charge is 0.433 e. The van der Waals surface area contributed by atoms with E-state index in [-0.39, 0.29) is 28.4 Å². The minimum absolute atomic E-state index is 0.0425. The lowest BCUT2D eigenvalue weighted by atomic mass is 9.84. The molecule has 1 aliphatic carbocycles. The number of rotatable bonds is 4. The molecule has 0 bridgehead atoms. The standard InChI is InChI=1S/C23H23F6N5O.C6H4F2/c1-13-19(20(23(27,28)29)33(2)31-13)17-11-15(14-7-4-3-5-8-14)21(35)34(32-17)12-18-16(22(24,25)26)9-6-10-30-18;7-5-2-1-3-6(8)4-5/h6,9-11,14H,3-5,7-8,12H2,1-2H3;1-4H. The average molecular weight is 614 g/mol. The summed E-state index contributed by atoms with van der Waals surface area (Å²) in [5, 5.41) is 8.00. The Morgan fingerprint density at radius 1 is 0.884 bits per heavy atom. The zero-order chi connectivity index (χ0) is 31.5. The SMILES string of the molecule is Cc1nn(C)c(C(F)(F)F)c1-c1cc(C2CCCCC2)c(=O)n(Cc2ncccc2C(F)(F)F)n1.Fc1cccc(F)c1. The summed E-state index contributed by atoms with van der Waals surface area (Å²) in [5.41, 5.74) is -3.33. The van der Waals surface area contributed by atoms with Crippen LogP contribution in [0.1, 0.15) is 66.2 Å². The first-order valence-corrected chi connectivity index (χ1v) is 13.3. The summed E-state index contributed by atoms with van der Waals surface area (Å²) >= 11 is 0. The van der Waals surface area contributed by atoms with Crippen molar-refractivity contribution >= 4 is 0 Å². The Morgan fingerprint density at radius 2 is 1.53 bits per heavy atom. The zero-order valence-corrected chi connectivity index (χ0v) is 23.1. The van der Waals surface area contributed by atoms with Crippen LogP contribution in [0.5, 0.6) is 0 Å². The van der Waals surface area contributed by atoms with E-state index >= 15 is 0 Å². The first-order chi connectivity index (χ1) is 20.2. The summed E-state index contributed by atoms with van der Waals surface area (Å²) in [6.45, 7) is 0.755. The van der Waals surface area contributed by atoms with Crippen LogP contribution < -0.4 is 5.56 Å². The van der Waals surface area contributed by atoms with E-state index in [1.54, 1.807) is 0 Å². The van der Waals surface area contributed by atoms with Crippen molar-refractivity contribution < 1.29 is 35.1 Å². The number of aromatic nitrogens is 5. The minimum atomic E-state index is -4.76. The monoisotopic (exact) mass is 613 g/mol. The molecule has 0 N–H and O–H groups in total. The second kappa shape index (κ2) is 12.6. The van der Waals surface area contributed by atoms with E-state index in [0.717, 1.165) is 55.4 Å². The van der Waals surface area contributed by atoms with Gasteiger partial charge in [-0.2, -0.15) is 36.5 Å². The van der Waals surface area contributed by atoms with Crippen LogP contribution in [-0.4, -0.2) is 24.5 Å². The van der Waals surface area contributed by atoms with Crippen LogP contribution in [0.25, 0.3) is 11.3 Å². The Balaban J connectivity index is 0.000000458. The maximum Gasteiger partial charge on any atom is 0.433 e. The van der Waals surface area contributed by atoms with E-state index in [9.17, 15) is 39.9 Å². The molecule has 0 saturated heterocycles. The van der Waals surface area contributed by atoms with Crippen LogP contribution in [0.3, 0.4) is 0 Å². The highest BCUT2D eigenvalue weighted by molar-refractivity contribution is 5.66. The van der Waals surface area contributed by atoms with Gasteiger partial charge in [-0.1, -0.05) is 25.3 Å². The highest BCUT2D eigenvalue weighted by Crippen LogP contribution is 2.39. The molecule has 5 rings (SSSR count). The molecule has 1 fully saturated rings. The molecule has 1 aliphatic rings. The van der Waals surface area contributed by atoms with Crippen LogP contribution in [0.15, 0.2) is 53.5 Å². The average Bonchev–Trinajstić information content (AvgIpc) is 3.24. The molecule has 0 unspecified atom stereocenters. The van der Waals surface area contributed by atoms with Gasteiger partial charge in [-0.15, -0.1) is 0 Å². The van der Waals surface area contributed by atoms with E-state index in [1.807, 2.05) is 0 Å². The normalized spacial score (nSPS) is 14.4. The molecule has 1 aromatic carbocycles. The van der Waals surface area contributed by atoms with Crippen LogP contribution >= 0.6 is 0 Å². The number of aryl methyl sites for hydroxylation is 2. The summed E-state index contributed by atoms with van der Waals surface area (Å²) in [6.07, 6.45) is -4.33. The third-order valence-corrected chi connectivity index (χ3v) is 7.08. The molecule has 1 saturated carbocycles. The first-order valence-electron chi connectivity index (χ1n) is 13.3. The second-order valence-corrected chi connectivity index (χ2v) is 10.1. The predicted molar refractivity (Wildman–Crippen MR) is 141 cm³/mol. The van der Waals surface area contributed by atoms with Gasteiger partial charge < -0.3 is 0 Å². The molecule has 230 valence electrons. The van der Waals surface area contributed by atoms with E-state index in [0.29, 0.717) is 17.5 Å². The van der Waals surface area contributed by atoms with E-state index < -0.39 is 53.0 Å². The van der Waals surface area contributed by atoms with Gasteiger partial charge in [-0.3, -0.25) is 14.5 Å². The topological polar surface area (TPSA) is 65.6 Å². The third kappa shape index (κ3) is 7.46. The maximum atomic E-state index is 13.9. The van der Waals surface area contributed by atoms with Gasteiger partial charge in [0.2, 0.25) is 0 Å². The Kier molecular flexibility index (Phi) is 9.35. The lowest BCUT2D eigenvalue weighted by Gasteiger charge is -2.23. The van der Waals surface area contributed by atoms with Gasteiger partial charge in [0.25, 0.3) is 5.56 Å². The van der Waals surface area contributed by atoms with Gasteiger partial charge in [0.1, 0.15) is 11.6 Å². The number of benzene rings is 1. The van der Waals surface area contributed by atoms with Gasteiger partial charge >= 0.3 is 12.4 Å². The van der Waals surface area contributed by atoms with Crippen molar-refractivity contribution in [2.24, 2.45) is 7.05 Å². The van der Waals surface area contributed by atoms with Crippen molar-refractivity contribution in [3.05, 3.63) is 98.9 Å². The number of hydrogen-bond acceptors (Lipinski definition) is 4. The van der Waals surface area contributed by atoms with Gasteiger partial charge in [0.05, 0.1) is 34.8 Å². The molecule has 0 spiro atoms. The fraction of sp³-hybridized carbons (Fsp3) is 0.379. The summed E-state index contributed by atoms with van der Waals surface area (Å²) in [4.78, 5) is 17.1. The maximum absolute atomic E-state index is 13.9. The van der Waals surface area contributed by atoms with Gasteiger partial charge in [-0.05, 0) is 56.0 Å². The fourth-order valence-electron chi connectivity index (χ4n) is 5.21. The summed E-state index contributed by atoms with van der Waals surface area (Å²) < 4.78 is 108. The summed E-state index contributed by atoms with van der Waals surface area (Å²) in [6, 6.07) is 7.86. The first kappa shape index (κ1) is 31.8. The molecule has 3 aromatic heterocycles. The minimum Gasteiger partial charge on any atom is -0.267 e. The smallest absolute Gasteiger partial charge is 0.267 e. The highest BCUT2D eigenvalue weighted by atomic mass is 19.4. The lowest BCUT2D eigenvalue weighted by Crippen LogP contribution is -2.30. The van der Waals surface area contributed by atoms with Crippen LogP contribution in [0.4, 0.5) is 35.1 Å². The number of alkyl halides is 6. The Bertz CT molecular complexity index is 1620. The highest BCUT2D eigenvalue weighted by Gasteiger charge is 2.40. The molecule has 0 atom stereocenters. The molecule has 0 amide bonds. The molecule has 0 aliphatic heterocycles. The van der Waals surface area contributed by atoms with Crippen molar-refractivity contribution in [1.29, 1.82) is 0 Å². The summed E-state index contributed by atoms with van der Waals surface area (Å²) in [7, 11) is 1.15. The van der Waals surface area contributed by atoms with Crippen molar-refractivity contribution in [2.45, 2.75) is 63.8 Å².